The second-order valence-corrected chi connectivity index (χ2v) is 7.83. The minimum atomic E-state index is -3.67. The van der Waals surface area contributed by atoms with Gasteiger partial charge in [-0.25, -0.2) is 23.1 Å². The summed E-state index contributed by atoms with van der Waals surface area (Å²) in [6.45, 7) is 1.82. The predicted molar refractivity (Wildman–Crippen MR) is 94.0 cm³/mol. The summed E-state index contributed by atoms with van der Waals surface area (Å²) in [5, 5.41) is 4.31. The van der Waals surface area contributed by atoms with Crippen molar-refractivity contribution in [3.05, 3.63) is 66.0 Å². The first-order valence-electron chi connectivity index (χ1n) is 7.44. The molecule has 0 aliphatic carbocycles. The standard InChI is InChI=1S/C16H16ClN5O2S/c1-12(13-3-5-14(6-4-13)22-11-18-10-20-22)21(2)25(23,24)15-7-8-16(17)19-9-15/h3-12H,1-2H3. The number of halogens is 1. The summed E-state index contributed by atoms with van der Waals surface area (Å²) in [4.78, 5) is 7.85. The van der Waals surface area contributed by atoms with Crippen molar-refractivity contribution in [1.82, 2.24) is 24.1 Å². The maximum atomic E-state index is 12.7. The number of rotatable bonds is 5. The van der Waals surface area contributed by atoms with E-state index >= 15 is 0 Å². The van der Waals surface area contributed by atoms with Gasteiger partial charge in [0.1, 0.15) is 22.7 Å². The van der Waals surface area contributed by atoms with Crippen molar-refractivity contribution < 1.29 is 8.42 Å². The molecule has 0 saturated carbocycles. The van der Waals surface area contributed by atoms with Crippen molar-refractivity contribution >= 4 is 21.6 Å². The minimum Gasteiger partial charge on any atom is -0.243 e. The summed E-state index contributed by atoms with van der Waals surface area (Å²) in [5.74, 6) is 0. The van der Waals surface area contributed by atoms with Gasteiger partial charge in [-0.15, -0.1) is 0 Å². The van der Waals surface area contributed by atoms with Crippen molar-refractivity contribution in [3.63, 3.8) is 0 Å². The number of hydrogen-bond acceptors (Lipinski definition) is 5. The molecule has 3 aromatic rings. The van der Waals surface area contributed by atoms with E-state index in [1.807, 2.05) is 31.2 Å². The maximum Gasteiger partial charge on any atom is 0.244 e. The average molecular weight is 378 g/mol. The second-order valence-electron chi connectivity index (χ2n) is 5.45. The first kappa shape index (κ1) is 17.5. The highest BCUT2D eigenvalue weighted by Crippen LogP contribution is 2.26. The summed E-state index contributed by atoms with van der Waals surface area (Å²) in [5.41, 5.74) is 1.71. The van der Waals surface area contributed by atoms with E-state index in [-0.39, 0.29) is 16.1 Å². The number of aromatic nitrogens is 4. The molecular formula is C16H16ClN5O2S. The van der Waals surface area contributed by atoms with Gasteiger partial charge in [-0.05, 0) is 36.8 Å². The number of benzene rings is 1. The molecule has 0 saturated heterocycles. The van der Waals surface area contributed by atoms with Crippen LogP contribution >= 0.6 is 11.6 Å². The van der Waals surface area contributed by atoms with Gasteiger partial charge in [0.15, 0.2) is 0 Å². The van der Waals surface area contributed by atoms with Crippen LogP contribution in [-0.4, -0.2) is 39.5 Å². The van der Waals surface area contributed by atoms with Crippen LogP contribution in [0.15, 0.2) is 60.1 Å². The van der Waals surface area contributed by atoms with Crippen LogP contribution in [0.1, 0.15) is 18.5 Å². The zero-order chi connectivity index (χ0) is 18.0. The summed E-state index contributed by atoms with van der Waals surface area (Å²) >= 11 is 5.73. The fraction of sp³-hybridized carbons (Fsp3) is 0.188. The molecule has 0 N–H and O–H groups in total. The lowest BCUT2D eigenvalue weighted by atomic mass is 10.1. The summed E-state index contributed by atoms with van der Waals surface area (Å²) in [6, 6.07) is 10.0. The van der Waals surface area contributed by atoms with Gasteiger partial charge in [-0.3, -0.25) is 0 Å². The largest absolute Gasteiger partial charge is 0.244 e. The zero-order valence-electron chi connectivity index (χ0n) is 13.6. The molecule has 1 atom stereocenters. The molecule has 0 bridgehead atoms. The van der Waals surface area contributed by atoms with Crippen molar-refractivity contribution in [3.8, 4) is 5.69 Å². The molecule has 0 spiro atoms. The monoisotopic (exact) mass is 377 g/mol. The van der Waals surface area contributed by atoms with E-state index in [0.29, 0.717) is 0 Å². The average Bonchev–Trinajstić information content (AvgIpc) is 3.15. The van der Waals surface area contributed by atoms with Crippen LogP contribution in [-0.2, 0) is 10.0 Å². The molecule has 2 aromatic heterocycles. The van der Waals surface area contributed by atoms with Gasteiger partial charge in [0, 0.05) is 19.3 Å². The van der Waals surface area contributed by atoms with Gasteiger partial charge in [-0.2, -0.15) is 9.40 Å². The lowest BCUT2D eigenvalue weighted by Crippen LogP contribution is -2.29. The molecule has 130 valence electrons. The quantitative estimate of drug-likeness (QED) is 0.638. The Bertz CT molecular complexity index is 941. The van der Waals surface area contributed by atoms with Gasteiger partial charge in [0.05, 0.1) is 5.69 Å². The van der Waals surface area contributed by atoms with Crippen LogP contribution in [0.2, 0.25) is 5.15 Å². The van der Waals surface area contributed by atoms with Gasteiger partial charge < -0.3 is 0 Å². The van der Waals surface area contributed by atoms with E-state index < -0.39 is 10.0 Å². The van der Waals surface area contributed by atoms with E-state index in [2.05, 4.69) is 15.1 Å². The third-order valence-electron chi connectivity index (χ3n) is 3.98. The maximum absolute atomic E-state index is 12.7. The van der Waals surface area contributed by atoms with Crippen molar-refractivity contribution in [1.29, 1.82) is 0 Å². The Kier molecular flexibility index (Phi) is 4.85. The number of nitrogens with zero attached hydrogens (tertiary/aromatic N) is 5. The molecule has 0 aliphatic rings. The van der Waals surface area contributed by atoms with Crippen molar-refractivity contribution in [2.75, 3.05) is 7.05 Å². The third-order valence-corrected chi connectivity index (χ3v) is 6.12. The molecule has 1 aromatic carbocycles. The van der Waals surface area contributed by atoms with Crippen LogP contribution in [0.5, 0.6) is 0 Å². The molecule has 0 radical (unpaired) electrons. The van der Waals surface area contributed by atoms with Crippen LogP contribution < -0.4 is 0 Å². The number of hydrogen-bond donors (Lipinski definition) is 0. The smallest absolute Gasteiger partial charge is 0.243 e. The summed E-state index contributed by atoms with van der Waals surface area (Å²) in [7, 11) is -2.13. The van der Waals surface area contributed by atoms with Crippen LogP contribution in [0.4, 0.5) is 0 Å². The first-order chi connectivity index (χ1) is 11.9. The Morgan fingerprint density at radius 3 is 2.44 bits per heavy atom. The topological polar surface area (TPSA) is 81.0 Å². The van der Waals surface area contributed by atoms with Gasteiger partial charge >= 0.3 is 0 Å². The predicted octanol–water partition coefficient (Wildman–Crippen LogP) is 2.70. The second kappa shape index (κ2) is 6.91. The van der Waals surface area contributed by atoms with E-state index in [4.69, 9.17) is 11.6 Å². The van der Waals surface area contributed by atoms with Crippen LogP contribution in [0.25, 0.3) is 5.69 Å². The van der Waals surface area contributed by atoms with Gasteiger partial charge in [0.2, 0.25) is 10.0 Å². The normalized spacial score (nSPS) is 13.1. The number of pyridine rings is 1. The van der Waals surface area contributed by atoms with Crippen molar-refractivity contribution in [2.45, 2.75) is 17.9 Å². The molecule has 0 aliphatic heterocycles. The van der Waals surface area contributed by atoms with Crippen LogP contribution in [0, 0.1) is 0 Å². The number of sulfonamides is 1. The van der Waals surface area contributed by atoms with E-state index in [0.717, 1.165) is 11.3 Å². The summed E-state index contributed by atoms with van der Waals surface area (Å²) < 4.78 is 28.4. The van der Waals surface area contributed by atoms with E-state index in [1.165, 1.54) is 29.0 Å². The Balaban J connectivity index is 1.84. The van der Waals surface area contributed by atoms with E-state index in [9.17, 15) is 8.42 Å². The lowest BCUT2D eigenvalue weighted by Gasteiger charge is -2.24. The summed E-state index contributed by atoms with van der Waals surface area (Å²) in [6.07, 6.45) is 4.31. The van der Waals surface area contributed by atoms with E-state index in [1.54, 1.807) is 18.1 Å². The van der Waals surface area contributed by atoms with Crippen LogP contribution in [0.3, 0.4) is 0 Å². The highest BCUT2D eigenvalue weighted by molar-refractivity contribution is 7.89. The third kappa shape index (κ3) is 3.55. The fourth-order valence-electron chi connectivity index (χ4n) is 2.35. The molecule has 7 nitrogen and oxygen atoms in total. The molecule has 25 heavy (non-hydrogen) atoms. The molecule has 9 heteroatoms. The van der Waals surface area contributed by atoms with Gasteiger partial charge in [0.25, 0.3) is 0 Å². The lowest BCUT2D eigenvalue weighted by molar-refractivity contribution is 0.398. The molecule has 0 fully saturated rings. The minimum absolute atomic E-state index is 0.102. The highest BCUT2D eigenvalue weighted by Gasteiger charge is 2.26. The molecule has 2 heterocycles. The SMILES string of the molecule is CC(c1ccc(-n2cncn2)cc1)N(C)S(=O)(=O)c1ccc(Cl)nc1. The Morgan fingerprint density at radius 2 is 1.88 bits per heavy atom. The molecule has 0 amide bonds. The highest BCUT2D eigenvalue weighted by atomic mass is 35.5. The first-order valence-corrected chi connectivity index (χ1v) is 9.26. The molecule has 1 unspecified atom stereocenters. The molecule has 3 rings (SSSR count). The Hall–Kier alpha value is -2.29. The Morgan fingerprint density at radius 1 is 1.16 bits per heavy atom. The fourth-order valence-corrected chi connectivity index (χ4v) is 3.75. The Labute approximate surface area is 151 Å². The molecular weight excluding hydrogens is 362 g/mol. The van der Waals surface area contributed by atoms with Gasteiger partial charge in [-0.1, -0.05) is 23.7 Å². The zero-order valence-corrected chi connectivity index (χ0v) is 15.2. The van der Waals surface area contributed by atoms with Crippen molar-refractivity contribution in [2.24, 2.45) is 0 Å².